The van der Waals surface area contributed by atoms with Crippen LogP contribution in [0.1, 0.15) is 24.0 Å². The molecule has 2 aromatic carbocycles. The lowest BCUT2D eigenvalue weighted by molar-refractivity contribution is -0.122. The monoisotopic (exact) mass is 320 g/mol. The van der Waals surface area contributed by atoms with Gasteiger partial charge >= 0.3 is 0 Å². The molecule has 0 heterocycles. The van der Waals surface area contributed by atoms with Crippen molar-refractivity contribution < 1.29 is 4.79 Å². The fourth-order valence-electron chi connectivity index (χ4n) is 1.88. The molecule has 0 fully saturated rings. The average Bonchev–Trinajstić information content (AvgIpc) is 2.53. The summed E-state index contributed by atoms with van der Waals surface area (Å²) in [6.45, 7) is 1.83. The van der Waals surface area contributed by atoms with Crippen LogP contribution in [0.2, 0.25) is 5.02 Å². The van der Waals surface area contributed by atoms with Gasteiger partial charge < -0.3 is 0 Å². The van der Waals surface area contributed by atoms with Crippen molar-refractivity contribution in [3.05, 3.63) is 64.7 Å². The van der Waals surface area contributed by atoms with E-state index in [1.165, 1.54) is 10.5 Å². The van der Waals surface area contributed by atoms with Gasteiger partial charge in [-0.15, -0.1) is 11.8 Å². The Bertz CT molecular complexity index is 599. The molecule has 0 saturated carbocycles. The molecule has 0 aliphatic carbocycles. The third-order valence-corrected chi connectivity index (χ3v) is 4.57. The van der Waals surface area contributed by atoms with E-state index in [1.54, 1.807) is 11.8 Å². The van der Waals surface area contributed by atoms with Crippen molar-refractivity contribution in [2.45, 2.75) is 23.5 Å². The summed E-state index contributed by atoms with van der Waals surface area (Å²) in [5, 5.41) is 0.746. The zero-order valence-electron chi connectivity index (χ0n) is 11.7. The molecule has 0 bridgehead atoms. The molecule has 110 valence electrons. The number of nitrogens with two attached hydrogens (primary N) is 1. The van der Waals surface area contributed by atoms with Crippen molar-refractivity contribution in [2.75, 3.05) is 0 Å². The largest absolute Gasteiger partial charge is 0.294 e. The summed E-state index contributed by atoms with van der Waals surface area (Å²) < 4.78 is 0. The van der Waals surface area contributed by atoms with Crippen molar-refractivity contribution in [1.82, 2.24) is 5.43 Å². The molecule has 1 unspecified atom stereocenters. The quantitative estimate of drug-likeness (QED) is 0.382. The zero-order valence-corrected chi connectivity index (χ0v) is 13.2. The highest BCUT2D eigenvalue weighted by Gasteiger charge is 2.13. The first kappa shape index (κ1) is 15.9. The SMILES string of the molecule is CC(C(=O)NN)c1ccc(CSc2ccc(Cl)cc2)cc1. The van der Waals surface area contributed by atoms with Crippen LogP contribution in [0.15, 0.2) is 53.4 Å². The number of carbonyl (C=O) groups excluding carboxylic acids is 1. The number of thioether (sulfide) groups is 1. The number of carbonyl (C=O) groups is 1. The first-order valence-corrected chi connectivity index (χ1v) is 7.94. The van der Waals surface area contributed by atoms with E-state index < -0.39 is 0 Å². The summed E-state index contributed by atoms with van der Waals surface area (Å²) in [7, 11) is 0. The molecule has 0 saturated heterocycles. The van der Waals surface area contributed by atoms with Gasteiger partial charge in [-0.1, -0.05) is 35.9 Å². The summed E-state index contributed by atoms with van der Waals surface area (Å²) in [6, 6.07) is 15.8. The molecule has 0 aromatic heterocycles. The van der Waals surface area contributed by atoms with Gasteiger partial charge in [-0.2, -0.15) is 0 Å². The fourth-order valence-corrected chi connectivity index (χ4v) is 2.86. The molecule has 0 aliphatic heterocycles. The van der Waals surface area contributed by atoms with Gasteiger partial charge in [0.25, 0.3) is 0 Å². The van der Waals surface area contributed by atoms with Crippen LogP contribution in [-0.4, -0.2) is 5.91 Å². The molecule has 0 radical (unpaired) electrons. The van der Waals surface area contributed by atoms with Crippen LogP contribution >= 0.6 is 23.4 Å². The Hall–Kier alpha value is -1.49. The molecule has 5 heteroatoms. The lowest BCUT2D eigenvalue weighted by atomic mass is 9.99. The molecule has 0 spiro atoms. The van der Waals surface area contributed by atoms with Gasteiger partial charge in [0, 0.05) is 15.7 Å². The average molecular weight is 321 g/mol. The van der Waals surface area contributed by atoms with Crippen molar-refractivity contribution in [3.63, 3.8) is 0 Å². The molecule has 2 rings (SSSR count). The first-order valence-electron chi connectivity index (χ1n) is 6.58. The maximum atomic E-state index is 11.5. The molecule has 0 aliphatic rings. The van der Waals surface area contributed by atoms with E-state index in [1.807, 2.05) is 55.5 Å². The van der Waals surface area contributed by atoms with Gasteiger partial charge in [-0.3, -0.25) is 10.2 Å². The van der Waals surface area contributed by atoms with Crippen LogP contribution in [0.25, 0.3) is 0 Å². The van der Waals surface area contributed by atoms with E-state index >= 15 is 0 Å². The van der Waals surface area contributed by atoms with E-state index in [0.29, 0.717) is 0 Å². The summed E-state index contributed by atoms with van der Waals surface area (Å²) in [5.41, 5.74) is 4.34. The Labute approximate surface area is 133 Å². The number of hydrazine groups is 1. The number of halogens is 1. The van der Waals surface area contributed by atoms with E-state index in [0.717, 1.165) is 16.3 Å². The van der Waals surface area contributed by atoms with E-state index in [9.17, 15) is 4.79 Å². The van der Waals surface area contributed by atoms with Crippen molar-refractivity contribution in [2.24, 2.45) is 5.84 Å². The Morgan fingerprint density at radius 3 is 2.38 bits per heavy atom. The summed E-state index contributed by atoms with van der Waals surface area (Å²) in [4.78, 5) is 12.7. The number of benzene rings is 2. The summed E-state index contributed by atoms with van der Waals surface area (Å²) >= 11 is 7.61. The minimum absolute atomic E-state index is 0.182. The Kier molecular flexibility index (Phi) is 5.67. The fraction of sp³-hybridized carbons (Fsp3) is 0.188. The number of rotatable bonds is 5. The van der Waals surface area contributed by atoms with Gasteiger partial charge in [0.1, 0.15) is 0 Å². The number of hydrogen-bond donors (Lipinski definition) is 2. The van der Waals surface area contributed by atoms with Gasteiger partial charge in [-0.25, -0.2) is 5.84 Å². The first-order chi connectivity index (χ1) is 10.1. The molecular formula is C16H17ClN2OS. The van der Waals surface area contributed by atoms with Crippen molar-refractivity contribution in [1.29, 1.82) is 0 Å². The van der Waals surface area contributed by atoms with Gasteiger partial charge in [0.2, 0.25) is 5.91 Å². The molecule has 3 N–H and O–H groups in total. The van der Waals surface area contributed by atoms with Crippen molar-refractivity contribution >= 4 is 29.3 Å². The van der Waals surface area contributed by atoms with Gasteiger partial charge in [0.15, 0.2) is 0 Å². The number of nitrogens with one attached hydrogen (secondary N) is 1. The molecule has 21 heavy (non-hydrogen) atoms. The van der Waals surface area contributed by atoms with Crippen LogP contribution in [0, 0.1) is 0 Å². The molecule has 2 aromatic rings. The second kappa shape index (κ2) is 7.50. The lowest BCUT2D eigenvalue weighted by Gasteiger charge is -2.10. The maximum absolute atomic E-state index is 11.5. The second-order valence-electron chi connectivity index (χ2n) is 4.71. The highest BCUT2D eigenvalue weighted by molar-refractivity contribution is 7.98. The number of amides is 1. The van der Waals surface area contributed by atoms with Gasteiger partial charge in [-0.05, 0) is 42.3 Å². The maximum Gasteiger partial charge on any atom is 0.241 e. The topological polar surface area (TPSA) is 55.1 Å². The minimum atomic E-state index is -0.243. The summed E-state index contributed by atoms with van der Waals surface area (Å²) in [6.07, 6.45) is 0. The predicted molar refractivity (Wildman–Crippen MR) is 88.2 cm³/mol. The van der Waals surface area contributed by atoms with Crippen LogP contribution in [0.3, 0.4) is 0 Å². The highest BCUT2D eigenvalue weighted by atomic mass is 35.5. The zero-order chi connectivity index (χ0) is 15.2. The van der Waals surface area contributed by atoms with Crippen LogP contribution in [0.5, 0.6) is 0 Å². The van der Waals surface area contributed by atoms with Crippen molar-refractivity contribution in [3.8, 4) is 0 Å². The number of hydrogen-bond acceptors (Lipinski definition) is 3. The van der Waals surface area contributed by atoms with Crippen LogP contribution < -0.4 is 11.3 Å². The lowest BCUT2D eigenvalue weighted by Crippen LogP contribution is -2.33. The second-order valence-corrected chi connectivity index (χ2v) is 6.20. The normalized spacial score (nSPS) is 12.0. The van der Waals surface area contributed by atoms with E-state index in [-0.39, 0.29) is 11.8 Å². The molecule has 1 atom stereocenters. The molecule has 1 amide bonds. The third-order valence-electron chi connectivity index (χ3n) is 3.23. The molecule has 3 nitrogen and oxygen atoms in total. The predicted octanol–water partition coefficient (Wildman–Crippen LogP) is 3.73. The minimum Gasteiger partial charge on any atom is -0.294 e. The summed E-state index contributed by atoms with van der Waals surface area (Å²) in [5.74, 6) is 5.60. The molecular weight excluding hydrogens is 304 g/mol. The van der Waals surface area contributed by atoms with Crippen LogP contribution in [0.4, 0.5) is 0 Å². The Morgan fingerprint density at radius 1 is 1.19 bits per heavy atom. The third kappa shape index (κ3) is 4.49. The standard InChI is InChI=1S/C16H17ClN2OS/c1-11(16(20)19-18)13-4-2-12(3-5-13)10-21-15-8-6-14(17)7-9-15/h2-9,11H,10,18H2,1H3,(H,19,20). The smallest absolute Gasteiger partial charge is 0.241 e. The Morgan fingerprint density at radius 2 is 1.81 bits per heavy atom. The highest BCUT2D eigenvalue weighted by Crippen LogP contribution is 2.25. The van der Waals surface area contributed by atoms with E-state index in [2.05, 4.69) is 5.43 Å². The van der Waals surface area contributed by atoms with E-state index in [4.69, 9.17) is 17.4 Å². The van der Waals surface area contributed by atoms with Gasteiger partial charge in [0.05, 0.1) is 5.92 Å². The Balaban J connectivity index is 1.96. The van der Waals surface area contributed by atoms with Crippen LogP contribution in [-0.2, 0) is 10.5 Å².